The Kier molecular flexibility index (Phi) is 11.2. The minimum Gasteiger partial charge on any atom is -0.495 e. The summed E-state index contributed by atoms with van der Waals surface area (Å²) in [4.78, 5) is 29.2. The topological polar surface area (TPSA) is 96.0 Å². The van der Waals surface area contributed by atoms with Gasteiger partial charge >= 0.3 is 0 Å². The van der Waals surface area contributed by atoms with Crippen LogP contribution in [0.2, 0.25) is 5.02 Å². The fourth-order valence-corrected chi connectivity index (χ4v) is 5.38. The second-order valence-electron chi connectivity index (χ2n) is 10.4. The molecule has 0 saturated carbocycles. The highest BCUT2D eigenvalue weighted by molar-refractivity contribution is 7.92. The molecular formula is C31H38ClN3O5S. The zero-order valence-corrected chi connectivity index (χ0v) is 25.7. The highest BCUT2D eigenvalue weighted by Crippen LogP contribution is 2.30. The second kappa shape index (κ2) is 14.4. The van der Waals surface area contributed by atoms with Crippen LogP contribution in [0.4, 0.5) is 5.69 Å². The van der Waals surface area contributed by atoms with Crippen molar-refractivity contribution in [1.82, 2.24) is 10.2 Å². The van der Waals surface area contributed by atoms with E-state index in [4.69, 9.17) is 16.3 Å². The normalized spacial score (nSPS) is 12.1. The van der Waals surface area contributed by atoms with E-state index in [1.807, 2.05) is 75.4 Å². The molecule has 2 amide bonds. The third kappa shape index (κ3) is 9.23. The van der Waals surface area contributed by atoms with Crippen molar-refractivity contribution < 1.29 is 22.7 Å². The highest BCUT2D eigenvalue weighted by Gasteiger charge is 2.33. The quantitative estimate of drug-likeness (QED) is 0.303. The van der Waals surface area contributed by atoms with Gasteiger partial charge in [0.25, 0.3) is 0 Å². The molecule has 0 saturated heterocycles. The number of anilines is 1. The van der Waals surface area contributed by atoms with E-state index in [-0.39, 0.29) is 35.5 Å². The Morgan fingerprint density at radius 3 is 2.20 bits per heavy atom. The number of sulfonamides is 1. The summed E-state index contributed by atoms with van der Waals surface area (Å²) in [6.07, 6.45) is 1.29. The van der Waals surface area contributed by atoms with Crippen LogP contribution in [0.3, 0.4) is 0 Å². The summed E-state index contributed by atoms with van der Waals surface area (Å²) in [5, 5.41) is 3.18. The molecule has 3 rings (SSSR count). The van der Waals surface area contributed by atoms with Crippen LogP contribution in [-0.2, 0) is 32.6 Å². The van der Waals surface area contributed by atoms with Crippen molar-refractivity contribution in [3.63, 3.8) is 0 Å². The molecule has 8 nitrogen and oxygen atoms in total. The minimum absolute atomic E-state index is 0.118. The number of hydrogen-bond acceptors (Lipinski definition) is 5. The highest BCUT2D eigenvalue weighted by atomic mass is 35.5. The number of halogens is 1. The van der Waals surface area contributed by atoms with Gasteiger partial charge in [0.05, 0.1) is 24.1 Å². The second-order valence-corrected chi connectivity index (χ2v) is 12.8. The van der Waals surface area contributed by atoms with Gasteiger partial charge < -0.3 is 15.0 Å². The Balaban J connectivity index is 2.05. The van der Waals surface area contributed by atoms with E-state index in [1.54, 1.807) is 6.07 Å². The Hall–Kier alpha value is -3.56. The number of nitrogens with zero attached hydrogens (tertiary/aromatic N) is 2. The molecule has 1 unspecified atom stereocenters. The van der Waals surface area contributed by atoms with Crippen LogP contribution in [0.5, 0.6) is 5.75 Å². The zero-order chi connectivity index (χ0) is 30.2. The first-order valence-electron chi connectivity index (χ1n) is 13.4. The van der Waals surface area contributed by atoms with E-state index in [0.29, 0.717) is 12.3 Å². The molecule has 0 fully saturated rings. The summed E-state index contributed by atoms with van der Waals surface area (Å²) >= 11 is 6.29. The van der Waals surface area contributed by atoms with Crippen LogP contribution in [-0.4, -0.2) is 57.6 Å². The number of rotatable bonds is 13. The van der Waals surface area contributed by atoms with Gasteiger partial charge in [-0.25, -0.2) is 8.42 Å². The first-order chi connectivity index (χ1) is 19.4. The maximum atomic E-state index is 14.1. The average molecular weight is 600 g/mol. The van der Waals surface area contributed by atoms with Gasteiger partial charge in [0, 0.05) is 19.5 Å². The monoisotopic (exact) mass is 599 g/mol. The van der Waals surface area contributed by atoms with Gasteiger partial charge in [-0.1, -0.05) is 85.6 Å². The molecule has 0 aliphatic heterocycles. The number of amides is 2. The number of ether oxygens (including phenoxy) is 1. The molecule has 1 atom stereocenters. The molecule has 10 heteroatoms. The molecule has 1 N–H and O–H groups in total. The third-order valence-corrected chi connectivity index (χ3v) is 7.97. The Labute approximate surface area is 248 Å². The van der Waals surface area contributed by atoms with E-state index in [0.717, 1.165) is 27.3 Å². The molecule has 0 bridgehead atoms. The van der Waals surface area contributed by atoms with Crippen molar-refractivity contribution in [2.45, 2.75) is 39.8 Å². The number of carbonyl (C=O) groups is 2. The lowest BCUT2D eigenvalue weighted by atomic mass is 10.0. The van der Waals surface area contributed by atoms with Gasteiger partial charge in [-0.15, -0.1) is 0 Å². The van der Waals surface area contributed by atoms with E-state index < -0.39 is 28.5 Å². The largest absolute Gasteiger partial charge is 0.495 e. The molecule has 0 aliphatic carbocycles. The van der Waals surface area contributed by atoms with E-state index in [9.17, 15) is 18.0 Å². The van der Waals surface area contributed by atoms with Crippen molar-refractivity contribution in [2.24, 2.45) is 5.92 Å². The summed E-state index contributed by atoms with van der Waals surface area (Å²) in [6, 6.07) is 20.7. The van der Waals surface area contributed by atoms with E-state index >= 15 is 0 Å². The molecule has 3 aromatic carbocycles. The van der Waals surface area contributed by atoms with Gasteiger partial charge in [0.15, 0.2) is 0 Å². The van der Waals surface area contributed by atoms with Gasteiger partial charge in [-0.05, 0) is 42.2 Å². The summed E-state index contributed by atoms with van der Waals surface area (Å²) in [5.41, 5.74) is 2.96. The van der Waals surface area contributed by atoms with Crippen LogP contribution in [0, 0.1) is 12.8 Å². The van der Waals surface area contributed by atoms with Gasteiger partial charge in [-0.3, -0.25) is 13.9 Å². The van der Waals surface area contributed by atoms with Crippen molar-refractivity contribution in [1.29, 1.82) is 0 Å². The first-order valence-corrected chi connectivity index (χ1v) is 15.6. The fraction of sp³-hybridized carbons (Fsp3) is 0.355. The van der Waals surface area contributed by atoms with Crippen molar-refractivity contribution in [3.05, 3.63) is 94.5 Å². The average Bonchev–Trinajstić information content (AvgIpc) is 2.93. The molecule has 0 spiro atoms. The lowest BCUT2D eigenvalue weighted by Gasteiger charge is -2.33. The number of methoxy groups -OCH3 is 1. The van der Waals surface area contributed by atoms with Crippen LogP contribution >= 0.6 is 11.6 Å². The Bertz CT molecular complexity index is 1430. The van der Waals surface area contributed by atoms with E-state index in [1.165, 1.54) is 24.1 Å². The SMILES string of the molecule is COc1ccc(N(CC(=O)N(Cc2ccc(C)cc2)C(Cc2ccccc2)C(=O)NCC(C)C)S(C)(=O)=O)cc1Cl. The smallest absolute Gasteiger partial charge is 0.244 e. The number of benzene rings is 3. The predicted molar refractivity (Wildman–Crippen MR) is 164 cm³/mol. The molecule has 0 aliphatic rings. The molecular weight excluding hydrogens is 562 g/mol. The summed E-state index contributed by atoms with van der Waals surface area (Å²) in [5.74, 6) is -0.246. The Morgan fingerprint density at radius 1 is 0.976 bits per heavy atom. The van der Waals surface area contributed by atoms with Crippen molar-refractivity contribution in [3.8, 4) is 5.75 Å². The number of carbonyl (C=O) groups excluding carboxylic acids is 2. The van der Waals surface area contributed by atoms with Crippen molar-refractivity contribution in [2.75, 3.05) is 30.8 Å². The predicted octanol–water partition coefficient (Wildman–Crippen LogP) is 4.84. The van der Waals surface area contributed by atoms with Crippen LogP contribution < -0.4 is 14.4 Å². The molecule has 41 heavy (non-hydrogen) atoms. The summed E-state index contributed by atoms with van der Waals surface area (Å²) in [6.45, 7) is 5.99. The lowest BCUT2D eigenvalue weighted by Crippen LogP contribution is -2.53. The number of aryl methyl sites for hydroxylation is 1. The van der Waals surface area contributed by atoms with Gasteiger partial charge in [-0.2, -0.15) is 0 Å². The van der Waals surface area contributed by atoms with Gasteiger partial charge in [0.1, 0.15) is 18.3 Å². The maximum absolute atomic E-state index is 14.1. The molecule has 0 radical (unpaired) electrons. The molecule has 0 heterocycles. The van der Waals surface area contributed by atoms with E-state index in [2.05, 4.69) is 5.32 Å². The molecule has 220 valence electrons. The minimum atomic E-state index is -3.90. The maximum Gasteiger partial charge on any atom is 0.244 e. The Morgan fingerprint density at radius 2 is 1.63 bits per heavy atom. The standard InChI is InChI=1S/C31H38ClN3O5S/c1-22(2)19-33-31(37)28(17-24-9-7-6-8-10-24)34(20-25-13-11-23(3)12-14-25)30(36)21-35(41(5,38)39)26-15-16-29(40-4)27(32)18-26/h6-16,18,22,28H,17,19-21H2,1-5H3,(H,33,37). The van der Waals surface area contributed by atoms with Crippen LogP contribution in [0.1, 0.15) is 30.5 Å². The molecule has 3 aromatic rings. The van der Waals surface area contributed by atoms with Crippen LogP contribution in [0.25, 0.3) is 0 Å². The zero-order valence-electron chi connectivity index (χ0n) is 24.1. The third-order valence-electron chi connectivity index (χ3n) is 6.53. The number of nitrogens with one attached hydrogen (secondary N) is 1. The summed E-state index contributed by atoms with van der Waals surface area (Å²) in [7, 11) is -2.44. The lowest BCUT2D eigenvalue weighted by molar-refractivity contribution is -0.140. The van der Waals surface area contributed by atoms with Gasteiger partial charge in [0.2, 0.25) is 21.8 Å². The van der Waals surface area contributed by atoms with Crippen molar-refractivity contribution >= 4 is 39.1 Å². The number of hydrogen-bond donors (Lipinski definition) is 1. The fourth-order valence-electron chi connectivity index (χ4n) is 4.29. The molecule has 0 aromatic heterocycles. The van der Waals surface area contributed by atoms with Crippen LogP contribution in [0.15, 0.2) is 72.8 Å². The summed E-state index contributed by atoms with van der Waals surface area (Å²) < 4.78 is 32.0. The first kappa shape index (κ1) is 32.0.